The molecule has 1 N–H and O–H groups in total. The molecule has 0 bridgehead atoms. The lowest BCUT2D eigenvalue weighted by Gasteiger charge is -1.99. The van der Waals surface area contributed by atoms with Gasteiger partial charge in [0.25, 0.3) is 0 Å². The van der Waals surface area contributed by atoms with Crippen molar-refractivity contribution in [1.29, 1.82) is 0 Å². The molecule has 1 aromatic carbocycles. The van der Waals surface area contributed by atoms with Gasteiger partial charge in [0.2, 0.25) is 0 Å². The molecule has 0 aliphatic heterocycles. The first kappa shape index (κ1) is 9.27. The van der Waals surface area contributed by atoms with E-state index in [1.165, 1.54) is 18.5 Å². The molecular formula is C10H9IOS. The van der Waals surface area contributed by atoms with E-state index in [9.17, 15) is 5.11 Å². The van der Waals surface area contributed by atoms with Crippen LogP contribution in [0.2, 0.25) is 0 Å². The van der Waals surface area contributed by atoms with Crippen LogP contribution in [0.3, 0.4) is 0 Å². The number of hydrogen-bond acceptors (Lipinski definition) is 2. The van der Waals surface area contributed by atoms with Crippen molar-refractivity contribution in [3.63, 3.8) is 0 Å². The highest BCUT2D eigenvalue weighted by molar-refractivity contribution is 14.1. The lowest BCUT2D eigenvalue weighted by Crippen LogP contribution is -1.79. The first-order valence-electron chi connectivity index (χ1n) is 4.11. The molecule has 0 aliphatic rings. The van der Waals surface area contributed by atoms with Crippen LogP contribution in [0, 0.1) is 2.88 Å². The van der Waals surface area contributed by atoms with Crippen LogP contribution in [0.4, 0.5) is 0 Å². The third kappa shape index (κ3) is 1.67. The second kappa shape index (κ2) is 3.46. The van der Waals surface area contributed by atoms with Gasteiger partial charge in [-0.2, -0.15) is 0 Å². The topological polar surface area (TPSA) is 20.2 Å². The SMILES string of the molecule is CCc1cc(O)cc2sc(I)cc12. The third-order valence-corrected chi connectivity index (χ3v) is 3.90. The molecule has 2 aromatic rings. The number of aryl methyl sites for hydroxylation is 1. The smallest absolute Gasteiger partial charge is 0.117 e. The minimum atomic E-state index is 0.377. The van der Waals surface area contributed by atoms with Crippen molar-refractivity contribution in [2.24, 2.45) is 0 Å². The summed E-state index contributed by atoms with van der Waals surface area (Å²) in [5, 5.41) is 10.7. The number of aromatic hydroxyl groups is 1. The van der Waals surface area contributed by atoms with Crippen LogP contribution in [0.15, 0.2) is 18.2 Å². The fraction of sp³-hybridized carbons (Fsp3) is 0.200. The van der Waals surface area contributed by atoms with E-state index in [-0.39, 0.29) is 0 Å². The molecule has 0 saturated carbocycles. The average molecular weight is 304 g/mol. The lowest BCUT2D eigenvalue weighted by atomic mass is 10.1. The van der Waals surface area contributed by atoms with Gasteiger partial charge in [-0.15, -0.1) is 11.3 Å². The molecule has 0 atom stereocenters. The maximum absolute atomic E-state index is 9.46. The minimum absolute atomic E-state index is 0.377. The average Bonchev–Trinajstić information content (AvgIpc) is 2.43. The number of halogens is 1. The molecule has 0 spiro atoms. The second-order valence-electron chi connectivity index (χ2n) is 2.92. The zero-order chi connectivity index (χ0) is 9.42. The Hall–Kier alpha value is -0.290. The Balaban J connectivity index is 2.80. The predicted molar refractivity (Wildman–Crippen MR) is 65.6 cm³/mol. The van der Waals surface area contributed by atoms with E-state index in [1.54, 1.807) is 11.3 Å². The lowest BCUT2D eigenvalue weighted by molar-refractivity contribution is 0.475. The quantitative estimate of drug-likeness (QED) is 0.795. The minimum Gasteiger partial charge on any atom is -0.508 e. The molecule has 1 aromatic heterocycles. The molecule has 0 radical (unpaired) electrons. The van der Waals surface area contributed by atoms with Gasteiger partial charge in [-0.05, 0) is 58.2 Å². The van der Waals surface area contributed by atoms with Gasteiger partial charge >= 0.3 is 0 Å². The van der Waals surface area contributed by atoms with Crippen LogP contribution in [-0.2, 0) is 6.42 Å². The number of phenols is 1. The van der Waals surface area contributed by atoms with Gasteiger partial charge in [0.05, 0.1) is 2.88 Å². The van der Waals surface area contributed by atoms with Crippen molar-refractivity contribution < 1.29 is 5.11 Å². The van der Waals surface area contributed by atoms with Gasteiger partial charge < -0.3 is 5.11 Å². The number of thiophene rings is 1. The summed E-state index contributed by atoms with van der Waals surface area (Å²) in [6.45, 7) is 2.11. The van der Waals surface area contributed by atoms with Crippen LogP contribution in [-0.4, -0.2) is 5.11 Å². The molecule has 1 heterocycles. The van der Waals surface area contributed by atoms with Crippen molar-refractivity contribution in [2.45, 2.75) is 13.3 Å². The summed E-state index contributed by atoms with van der Waals surface area (Å²) in [5.41, 5.74) is 1.23. The number of fused-ring (bicyclic) bond motifs is 1. The maximum atomic E-state index is 9.46. The highest BCUT2D eigenvalue weighted by Crippen LogP contribution is 2.32. The Morgan fingerprint density at radius 2 is 2.15 bits per heavy atom. The molecule has 2 rings (SSSR count). The van der Waals surface area contributed by atoms with E-state index in [0.29, 0.717) is 5.75 Å². The summed E-state index contributed by atoms with van der Waals surface area (Å²) in [5.74, 6) is 0.377. The molecular weight excluding hydrogens is 295 g/mol. The van der Waals surface area contributed by atoms with Crippen molar-refractivity contribution in [3.05, 3.63) is 26.6 Å². The first-order chi connectivity index (χ1) is 6.20. The maximum Gasteiger partial charge on any atom is 0.117 e. The fourth-order valence-corrected chi connectivity index (χ4v) is 3.35. The molecule has 0 saturated heterocycles. The van der Waals surface area contributed by atoms with Crippen LogP contribution >= 0.6 is 33.9 Å². The fourth-order valence-electron chi connectivity index (χ4n) is 1.46. The number of hydrogen-bond donors (Lipinski definition) is 1. The summed E-state index contributed by atoms with van der Waals surface area (Å²) >= 11 is 4.04. The van der Waals surface area contributed by atoms with Crippen molar-refractivity contribution in [1.82, 2.24) is 0 Å². The van der Waals surface area contributed by atoms with Crippen LogP contribution in [0.25, 0.3) is 10.1 Å². The van der Waals surface area contributed by atoms with Gasteiger partial charge in [-0.1, -0.05) is 6.92 Å². The number of benzene rings is 1. The van der Waals surface area contributed by atoms with Gasteiger partial charge in [0, 0.05) is 4.70 Å². The van der Waals surface area contributed by atoms with Crippen LogP contribution in [0.5, 0.6) is 5.75 Å². The van der Waals surface area contributed by atoms with E-state index in [4.69, 9.17) is 0 Å². The summed E-state index contributed by atoms with van der Waals surface area (Å²) in [4.78, 5) is 0. The van der Waals surface area contributed by atoms with E-state index in [2.05, 4.69) is 35.6 Å². The summed E-state index contributed by atoms with van der Waals surface area (Å²) in [6, 6.07) is 5.87. The standard InChI is InChI=1S/C10H9IOS/c1-2-6-3-7(12)4-9-8(6)5-10(11)13-9/h3-5,12H,2H2,1H3. The van der Waals surface area contributed by atoms with Crippen molar-refractivity contribution in [3.8, 4) is 5.75 Å². The molecule has 3 heteroatoms. The van der Waals surface area contributed by atoms with E-state index < -0.39 is 0 Å². The molecule has 0 amide bonds. The zero-order valence-corrected chi connectivity index (χ0v) is 10.1. The van der Waals surface area contributed by atoms with Crippen LogP contribution < -0.4 is 0 Å². The largest absolute Gasteiger partial charge is 0.508 e. The highest BCUT2D eigenvalue weighted by atomic mass is 127. The second-order valence-corrected chi connectivity index (χ2v) is 5.90. The van der Waals surface area contributed by atoms with E-state index >= 15 is 0 Å². The van der Waals surface area contributed by atoms with Crippen LogP contribution in [0.1, 0.15) is 12.5 Å². The Morgan fingerprint density at radius 1 is 1.38 bits per heavy atom. The van der Waals surface area contributed by atoms with E-state index in [0.717, 1.165) is 6.42 Å². The number of phenolic OH excluding ortho intramolecular Hbond substituents is 1. The van der Waals surface area contributed by atoms with Gasteiger partial charge in [0.15, 0.2) is 0 Å². The normalized spacial score (nSPS) is 10.9. The van der Waals surface area contributed by atoms with Gasteiger partial charge in [-0.25, -0.2) is 0 Å². The molecule has 13 heavy (non-hydrogen) atoms. The van der Waals surface area contributed by atoms with E-state index in [1.807, 2.05) is 12.1 Å². The number of rotatable bonds is 1. The molecule has 0 aliphatic carbocycles. The van der Waals surface area contributed by atoms with Gasteiger partial charge in [0.1, 0.15) is 5.75 Å². The predicted octanol–water partition coefficient (Wildman–Crippen LogP) is 3.77. The Labute approximate surface area is 94.5 Å². The Kier molecular flexibility index (Phi) is 2.47. The Bertz CT molecular complexity index is 447. The monoisotopic (exact) mass is 304 g/mol. The first-order valence-corrected chi connectivity index (χ1v) is 6.01. The molecule has 68 valence electrons. The molecule has 1 nitrogen and oxygen atoms in total. The summed E-state index contributed by atoms with van der Waals surface area (Å²) < 4.78 is 2.45. The highest BCUT2D eigenvalue weighted by Gasteiger charge is 2.05. The zero-order valence-electron chi connectivity index (χ0n) is 7.17. The molecule has 0 unspecified atom stereocenters. The third-order valence-electron chi connectivity index (χ3n) is 2.06. The summed E-state index contributed by atoms with van der Waals surface area (Å²) in [6.07, 6.45) is 0.970. The van der Waals surface area contributed by atoms with Crippen molar-refractivity contribution >= 4 is 44.0 Å². The summed E-state index contributed by atoms with van der Waals surface area (Å²) in [7, 11) is 0. The molecule has 0 fully saturated rings. The Morgan fingerprint density at radius 3 is 2.85 bits per heavy atom. The van der Waals surface area contributed by atoms with Crippen molar-refractivity contribution in [2.75, 3.05) is 0 Å². The van der Waals surface area contributed by atoms with Gasteiger partial charge in [-0.3, -0.25) is 0 Å².